The quantitative estimate of drug-likeness (QED) is 0.605. The van der Waals surface area contributed by atoms with Gasteiger partial charge in [0.15, 0.2) is 0 Å². The average Bonchev–Trinajstić information content (AvgIpc) is 2.65. The number of β-amino-alcohol motifs (C(OH)–C–C–N with tert-alkyl or cyclic N) is 1. The molecule has 7 heteroatoms. The molecule has 0 aromatic heterocycles. The Hall–Kier alpha value is -2.14. The number of rotatable bonds is 8. The van der Waals surface area contributed by atoms with Crippen molar-refractivity contribution in [3.8, 4) is 11.8 Å². The first-order chi connectivity index (χ1) is 13.9. The zero-order valence-electron chi connectivity index (χ0n) is 17.4. The van der Waals surface area contributed by atoms with Gasteiger partial charge in [-0.15, -0.1) is 0 Å². The van der Waals surface area contributed by atoms with E-state index in [4.69, 9.17) is 10.00 Å². The number of likely N-dealkylation sites (tertiary alicyclic amines) is 1. The summed E-state index contributed by atoms with van der Waals surface area (Å²) in [5, 5.41) is 25.9. The molecule has 3 N–H and O–H groups in total. The molecule has 2 bridgehead atoms. The van der Waals surface area contributed by atoms with E-state index in [1.54, 1.807) is 24.3 Å². The van der Waals surface area contributed by atoms with Crippen molar-refractivity contribution < 1.29 is 14.6 Å². The molecule has 2 heterocycles. The van der Waals surface area contributed by atoms with Crippen LogP contribution in [0.3, 0.4) is 0 Å². The van der Waals surface area contributed by atoms with Gasteiger partial charge < -0.3 is 20.5 Å². The largest absolute Gasteiger partial charge is 0.491 e. The molecule has 29 heavy (non-hydrogen) atoms. The Labute approximate surface area is 173 Å². The van der Waals surface area contributed by atoms with E-state index in [0.29, 0.717) is 30.2 Å². The van der Waals surface area contributed by atoms with Crippen LogP contribution >= 0.6 is 0 Å². The van der Waals surface area contributed by atoms with Crippen molar-refractivity contribution in [3.63, 3.8) is 0 Å². The summed E-state index contributed by atoms with van der Waals surface area (Å²) < 4.78 is 5.67. The third-order valence-corrected chi connectivity index (χ3v) is 5.61. The van der Waals surface area contributed by atoms with Gasteiger partial charge in [-0.25, -0.2) is 0 Å². The Morgan fingerprint density at radius 2 is 2.21 bits per heavy atom. The van der Waals surface area contributed by atoms with Gasteiger partial charge in [-0.05, 0) is 57.0 Å². The fourth-order valence-corrected chi connectivity index (χ4v) is 4.66. The lowest BCUT2D eigenvalue weighted by molar-refractivity contribution is -0.126. The smallest absolute Gasteiger partial charge is 0.220 e. The zero-order chi connectivity index (χ0) is 20.9. The van der Waals surface area contributed by atoms with Crippen molar-refractivity contribution in [1.82, 2.24) is 15.5 Å². The Kier molecular flexibility index (Phi) is 7.12. The van der Waals surface area contributed by atoms with Crippen molar-refractivity contribution in [1.29, 1.82) is 5.26 Å². The van der Waals surface area contributed by atoms with E-state index in [-0.39, 0.29) is 24.0 Å². The molecule has 1 aromatic carbocycles. The minimum atomic E-state index is -0.612. The summed E-state index contributed by atoms with van der Waals surface area (Å²) in [6, 6.07) is 9.10. The van der Waals surface area contributed by atoms with E-state index >= 15 is 0 Å². The number of amides is 1. The van der Waals surface area contributed by atoms with Gasteiger partial charge in [-0.2, -0.15) is 5.26 Å². The summed E-state index contributed by atoms with van der Waals surface area (Å²) >= 11 is 0. The predicted molar refractivity (Wildman–Crippen MR) is 110 cm³/mol. The van der Waals surface area contributed by atoms with Gasteiger partial charge in [0, 0.05) is 44.1 Å². The highest BCUT2D eigenvalue weighted by atomic mass is 16.5. The number of nitrogens with one attached hydrogen (secondary N) is 2. The van der Waals surface area contributed by atoms with Crippen LogP contribution in [0.2, 0.25) is 0 Å². The van der Waals surface area contributed by atoms with Gasteiger partial charge >= 0.3 is 0 Å². The Bertz CT molecular complexity index is 731. The predicted octanol–water partition coefficient (Wildman–Crippen LogP) is 1.12. The van der Waals surface area contributed by atoms with Gasteiger partial charge in [0.1, 0.15) is 18.5 Å². The second kappa shape index (κ2) is 9.57. The molecule has 0 aliphatic carbocycles. The molecule has 2 saturated heterocycles. The molecule has 3 atom stereocenters. The third-order valence-electron chi connectivity index (χ3n) is 5.61. The second-order valence-electron chi connectivity index (χ2n) is 8.90. The van der Waals surface area contributed by atoms with Crippen LogP contribution in [0.25, 0.3) is 0 Å². The molecule has 7 nitrogen and oxygen atoms in total. The van der Waals surface area contributed by atoms with E-state index in [0.717, 1.165) is 32.6 Å². The molecular formula is C22H32N4O3. The highest BCUT2D eigenvalue weighted by Crippen LogP contribution is 2.38. The number of hydrogen-bond donors (Lipinski definition) is 3. The summed E-state index contributed by atoms with van der Waals surface area (Å²) in [7, 11) is 0. The van der Waals surface area contributed by atoms with Crippen LogP contribution in [-0.4, -0.2) is 67.4 Å². The zero-order valence-corrected chi connectivity index (χ0v) is 17.4. The Morgan fingerprint density at radius 1 is 1.45 bits per heavy atom. The van der Waals surface area contributed by atoms with Crippen molar-refractivity contribution in [3.05, 3.63) is 29.8 Å². The summed E-state index contributed by atoms with van der Waals surface area (Å²) in [5.41, 5.74) is 0.506. The van der Waals surface area contributed by atoms with Crippen LogP contribution in [0.15, 0.2) is 24.3 Å². The number of nitriles is 1. The van der Waals surface area contributed by atoms with Crippen molar-refractivity contribution in [2.45, 2.75) is 38.8 Å². The van der Waals surface area contributed by atoms with Crippen molar-refractivity contribution >= 4 is 5.91 Å². The summed E-state index contributed by atoms with van der Waals surface area (Å²) in [4.78, 5) is 14.7. The topological polar surface area (TPSA) is 97.6 Å². The van der Waals surface area contributed by atoms with Crippen LogP contribution in [0.1, 0.15) is 32.3 Å². The van der Waals surface area contributed by atoms with Gasteiger partial charge in [0.05, 0.1) is 11.6 Å². The maximum Gasteiger partial charge on any atom is 0.220 e. The number of benzene rings is 1. The van der Waals surface area contributed by atoms with Crippen molar-refractivity contribution in [2.75, 3.05) is 39.3 Å². The van der Waals surface area contributed by atoms with E-state index in [2.05, 4.69) is 21.6 Å². The molecule has 2 fully saturated rings. The van der Waals surface area contributed by atoms with E-state index in [9.17, 15) is 9.90 Å². The fraction of sp³-hybridized carbons (Fsp3) is 0.636. The van der Waals surface area contributed by atoms with Crippen LogP contribution in [-0.2, 0) is 4.79 Å². The number of aliphatic hydroxyl groups excluding tert-OH is 1. The molecule has 0 radical (unpaired) electrons. The summed E-state index contributed by atoms with van der Waals surface area (Å²) in [5.74, 6) is 1.24. The lowest BCUT2D eigenvalue weighted by Crippen LogP contribution is -2.60. The number of carbonyl (C=O) groups is 1. The molecule has 1 amide bonds. The molecule has 3 rings (SSSR count). The van der Waals surface area contributed by atoms with Gasteiger partial charge in [-0.3, -0.25) is 9.69 Å². The van der Waals surface area contributed by atoms with E-state index in [1.807, 2.05) is 13.8 Å². The Morgan fingerprint density at radius 3 is 2.90 bits per heavy atom. The monoisotopic (exact) mass is 400 g/mol. The first-order valence-corrected chi connectivity index (χ1v) is 10.4. The highest BCUT2D eigenvalue weighted by Gasteiger charge is 2.44. The number of aliphatic hydroxyl groups is 1. The van der Waals surface area contributed by atoms with Crippen LogP contribution < -0.4 is 15.4 Å². The molecule has 2 aliphatic rings. The van der Waals surface area contributed by atoms with Crippen LogP contribution in [0.4, 0.5) is 0 Å². The second-order valence-corrected chi connectivity index (χ2v) is 8.90. The minimum Gasteiger partial charge on any atom is -0.491 e. The summed E-state index contributed by atoms with van der Waals surface area (Å²) in [6.45, 7) is 8.21. The average molecular weight is 401 g/mol. The first-order valence-electron chi connectivity index (χ1n) is 10.4. The number of ether oxygens (including phenoxy) is 1. The molecule has 158 valence electrons. The van der Waals surface area contributed by atoms with Gasteiger partial charge in [0.25, 0.3) is 0 Å². The highest BCUT2D eigenvalue weighted by molar-refractivity contribution is 5.77. The molecule has 1 aromatic rings. The fourth-order valence-electron chi connectivity index (χ4n) is 4.66. The standard InChI is InChI=1S/C22H32N4O3/c1-16(2)25-21(28)8-22-7-18(10-24-14-22)11-26(15-22)12-19(27)13-29-20-5-3-17(9-23)4-6-20/h3-6,16,18-19,24,27H,7-8,10-15H2,1-2H3,(H,25,28). The van der Waals surface area contributed by atoms with E-state index in [1.165, 1.54) is 0 Å². The third kappa shape index (κ3) is 6.17. The molecule has 2 aliphatic heterocycles. The summed E-state index contributed by atoms with van der Waals surface area (Å²) in [6.07, 6.45) is 0.960. The van der Waals surface area contributed by atoms with Crippen LogP contribution in [0.5, 0.6) is 5.75 Å². The van der Waals surface area contributed by atoms with Crippen LogP contribution in [0, 0.1) is 22.7 Å². The van der Waals surface area contributed by atoms with Gasteiger partial charge in [-0.1, -0.05) is 0 Å². The first kappa shape index (κ1) is 21.6. The number of hydrogen-bond acceptors (Lipinski definition) is 6. The number of carbonyl (C=O) groups excluding carboxylic acids is 1. The molecule has 3 unspecified atom stereocenters. The molecule has 0 saturated carbocycles. The lowest BCUT2D eigenvalue weighted by Gasteiger charge is -2.50. The maximum absolute atomic E-state index is 12.4. The van der Waals surface area contributed by atoms with E-state index < -0.39 is 6.10 Å². The minimum absolute atomic E-state index is 0.0756. The molecule has 0 spiro atoms. The lowest BCUT2D eigenvalue weighted by atomic mass is 9.70. The maximum atomic E-state index is 12.4. The van der Waals surface area contributed by atoms with Gasteiger partial charge in [0.2, 0.25) is 5.91 Å². The van der Waals surface area contributed by atoms with Crippen molar-refractivity contribution in [2.24, 2.45) is 11.3 Å². The number of fused-ring (bicyclic) bond motifs is 2. The number of piperidine rings is 2. The normalized spacial score (nSPS) is 25.3. The Balaban J connectivity index is 1.53. The SMILES string of the molecule is CC(C)NC(=O)CC12CNCC(CN(CC(O)COc3ccc(C#N)cc3)C1)C2. The molecular weight excluding hydrogens is 368 g/mol. The number of nitrogens with zero attached hydrogens (tertiary/aromatic N) is 2.